The Bertz CT molecular complexity index is 1430. The molecule has 0 aliphatic carbocycles. The van der Waals surface area contributed by atoms with Gasteiger partial charge in [-0.3, -0.25) is 14.6 Å². The maximum atomic E-state index is 13.4. The standard InChI is InChI=1S/C25H26FN5O3/c26-18-3-1-16(2-4-18)11-30-13-17(12-28-7-8-29-15-20(32)9-19(29)14-28)23-21-5-6-31(34)25(33)24(21)27-10-22(23)30/h1-6,10,13,19-20,32,34H,7-9,11-12,14-15H2/t19?,20-/m1/s1. The molecule has 6 rings (SSSR count). The van der Waals surface area contributed by atoms with Crippen molar-refractivity contribution in [3.05, 3.63) is 76.2 Å². The lowest BCUT2D eigenvalue weighted by atomic mass is 10.1. The minimum atomic E-state index is -0.551. The third kappa shape index (κ3) is 3.66. The first-order valence-corrected chi connectivity index (χ1v) is 11.6. The van der Waals surface area contributed by atoms with E-state index in [2.05, 4.69) is 25.5 Å². The van der Waals surface area contributed by atoms with E-state index >= 15 is 0 Å². The van der Waals surface area contributed by atoms with Crippen molar-refractivity contribution in [2.24, 2.45) is 0 Å². The van der Waals surface area contributed by atoms with E-state index < -0.39 is 5.56 Å². The number of aliphatic hydroxyl groups is 1. The Morgan fingerprint density at radius 1 is 1.09 bits per heavy atom. The Morgan fingerprint density at radius 2 is 1.91 bits per heavy atom. The minimum absolute atomic E-state index is 0.224. The number of rotatable bonds is 4. The van der Waals surface area contributed by atoms with E-state index in [9.17, 15) is 19.5 Å². The van der Waals surface area contributed by atoms with E-state index in [1.165, 1.54) is 18.3 Å². The normalized spacial score (nSPS) is 21.5. The summed E-state index contributed by atoms with van der Waals surface area (Å²) in [5.41, 5.74) is 2.60. The van der Waals surface area contributed by atoms with Gasteiger partial charge in [-0.15, -0.1) is 0 Å². The van der Waals surface area contributed by atoms with Crippen LogP contribution in [-0.4, -0.2) is 72.7 Å². The van der Waals surface area contributed by atoms with Crippen LogP contribution in [0.1, 0.15) is 17.5 Å². The van der Waals surface area contributed by atoms with Crippen molar-refractivity contribution in [3.63, 3.8) is 0 Å². The fourth-order valence-electron chi connectivity index (χ4n) is 5.55. The van der Waals surface area contributed by atoms with E-state index in [0.29, 0.717) is 29.2 Å². The second-order valence-electron chi connectivity index (χ2n) is 9.43. The van der Waals surface area contributed by atoms with Gasteiger partial charge in [-0.2, -0.15) is 4.73 Å². The molecular formula is C25H26FN5O3. The summed E-state index contributed by atoms with van der Waals surface area (Å²) in [6.45, 7) is 4.71. The lowest BCUT2D eigenvalue weighted by Gasteiger charge is -2.37. The van der Waals surface area contributed by atoms with Gasteiger partial charge in [0.2, 0.25) is 0 Å². The molecule has 2 aliphatic rings. The van der Waals surface area contributed by atoms with Gasteiger partial charge in [-0.25, -0.2) is 9.37 Å². The van der Waals surface area contributed by atoms with Crippen molar-refractivity contribution < 1.29 is 14.7 Å². The number of nitrogens with zero attached hydrogens (tertiary/aromatic N) is 5. The summed E-state index contributed by atoms with van der Waals surface area (Å²) in [6.07, 6.45) is 5.67. The molecule has 0 radical (unpaired) electrons. The predicted octanol–water partition coefficient (Wildman–Crippen LogP) is 2.03. The molecule has 8 nitrogen and oxygen atoms in total. The Hall–Kier alpha value is -3.27. The monoisotopic (exact) mass is 463 g/mol. The Labute approximate surface area is 195 Å². The van der Waals surface area contributed by atoms with Crippen LogP contribution in [0.15, 0.2) is 53.7 Å². The third-order valence-electron chi connectivity index (χ3n) is 7.17. The first kappa shape index (κ1) is 21.3. The van der Waals surface area contributed by atoms with Crippen LogP contribution >= 0.6 is 0 Å². The molecule has 1 aromatic carbocycles. The van der Waals surface area contributed by atoms with Crippen molar-refractivity contribution in [2.75, 3.05) is 26.2 Å². The number of piperazine rings is 1. The molecule has 2 N–H and O–H groups in total. The number of aromatic nitrogens is 3. The van der Waals surface area contributed by atoms with Crippen molar-refractivity contribution >= 4 is 21.8 Å². The highest BCUT2D eigenvalue weighted by molar-refractivity contribution is 6.06. The Kier molecular flexibility index (Phi) is 5.13. The van der Waals surface area contributed by atoms with Crippen LogP contribution < -0.4 is 5.56 Å². The fraction of sp³-hybridized carbons (Fsp3) is 0.360. The van der Waals surface area contributed by atoms with Gasteiger partial charge in [0.05, 0.1) is 17.8 Å². The summed E-state index contributed by atoms with van der Waals surface area (Å²) in [6, 6.07) is 8.53. The fourth-order valence-corrected chi connectivity index (χ4v) is 5.55. The smallest absolute Gasteiger partial charge is 0.309 e. The van der Waals surface area contributed by atoms with Gasteiger partial charge in [-0.05, 0) is 35.7 Å². The molecule has 2 atom stereocenters. The molecule has 4 aromatic rings. The first-order chi connectivity index (χ1) is 16.5. The van der Waals surface area contributed by atoms with Gasteiger partial charge in [0.1, 0.15) is 11.3 Å². The summed E-state index contributed by atoms with van der Waals surface area (Å²) in [7, 11) is 0. The summed E-state index contributed by atoms with van der Waals surface area (Å²) in [5, 5.41) is 21.6. The lowest BCUT2D eigenvalue weighted by molar-refractivity contribution is 0.0974. The molecule has 0 bridgehead atoms. The van der Waals surface area contributed by atoms with Gasteiger partial charge in [-0.1, -0.05) is 12.1 Å². The van der Waals surface area contributed by atoms with E-state index in [4.69, 9.17) is 0 Å². The summed E-state index contributed by atoms with van der Waals surface area (Å²) >= 11 is 0. The molecule has 34 heavy (non-hydrogen) atoms. The van der Waals surface area contributed by atoms with Crippen LogP contribution in [0.25, 0.3) is 21.8 Å². The van der Waals surface area contributed by atoms with Crippen molar-refractivity contribution in [1.29, 1.82) is 0 Å². The second kappa shape index (κ2) is 8.19. The molecule has 2 saturated heterocycles. The lowest BCUT2D eigenvalue weighted by Crippen LogP contribution is -2.49. The van der Waals surface area contributed by atoms with Crippen LogP contribution in [0.2, 0.25) is 0 Å². The predicted molar refractivity (Wildman–Crippen MR) is 125 cm³/mol. The van der Waals surface area contributed by atoms with E-state index in [0.717, 1.165) is 54.6 Å². The van der Waals surface area contributed by atoms with E-state index in [1.54, 1.807) is 24.4 Å². The van der Waals surface area contributed by atoms with Gasteiger partial charge in [0.15, 0.2) is 0 Å². The largest absolute Gasteiger partial charge is 0.425 e. The maximum Gasteiger partial charge on any atom is 0.309 e. The van der Waals surface area contributed by atoms with Crippen LogP contribution in [-0.2, 0) is 13.1 Å². The van der Waals surface area contributed by atoms with Gasteiger partial charge in [0.25, 0.3) is 0 Å². The molecule has 0 spiro atoms. The summed E-state index contributed by atoms with van der Waals surface area (Å²) < 4.78 is 16.1. The SMILES string of the molecule is O=c1c2ncc3c(c(CN4CCN5C[C@H](O)CC5C4)cn3Cc3ccc(F)cc3)c2ccn1O. The molecule has 0 saturated carbocycles. The molecule has 3 aromatic heterocycles. The highest BCUT2D eigenvalue weighted by Crippen LogP contribution is 2.30. The number of pyridine rings is 2. The topological polar surface area (TPSA) is 86.8 Å². The average molecular weight is 464 g/mol. The van der Waals surface area contributed by atoms with Crippen LogP contribution in [0.5, 0.6) is 0 Å². The Morgan fingerprint density at radius 3 is 2.74 bits per heavy atom. The van der Waals surface area contributed by atoms with Crippen molar-refractivity contribution in [2.45, 2.75) is 31.7 Å². The molecule has 0 amide bonds. The maximum absolute atomic E-state index is 13.4. The number of hydrogen-bond acceptors (Lipinski definition) is 6. The first-order valence-electron chi connectivity index (χ1n) is 11.6. The van der Waals surface area contributed by atoms with E-state index in [-0.39, 0.29) is 17.4 Å². The van der Waals surface area contributed by atoms with Gasteiger partial charge in [0, 0.05) is 68.5 Å². The minimum Gasteiger partial charge on any atom is -0.425 e. The third-order valence-corrected chi connectivity index (χ3v) is 7.17. The van der Waals surface area contributed by atoms with Crippen molar-refractivity contribution in [1.82, 2.24) is 24.1 Å². The highest BCUT2D eigenvalue weighted by Gasteiger charge is 2.35. The van der Waals surface area contributed by atoms with Gasteiger partial charge >= 0.3 is 5.56 Å². The second-order valence-corrected chi connectivity index (χ2v) is 9.43. The number of benzene rings is 1. The molecular weight excluding hydrogens is 437 g/mol. The van der Waals surface area contributed by atoms with Crippen LogP contribution in [0.4, 0.5) is 4.39 Å². The molecule has 176 valence electrons. The number of fused-ring (bicyclic) bond motifs is 4. The molecule has 9 heteroatoms. The zero-order valence-corrected chi connectivity index (χ0v) is 18.6. The summed E-state index contributed by atoms with van der Waals surface area (Å²) in [5.74, 6) is -0.272. The number of hydrogen-bond donors (Lipinski definition) is 2. The molecule has 1 unspecified atom stereocenters. The number of aliphatic hydroxyl groups excluding tert-OH is 1. The van der Waals surface area contributed by atoms with Crippen LogP contribution in [0, 0.1) is 5.82 Å². The summed E-state index contributed by atoms with van der Waals surface area (Å²) in [4.78, 5) is 21.7. The number of halogens is 1. The van der Waals surface area contributed by atoms with Crippen molar-refractivity contribution in [3.8, 4) is 0 Å². The highest BCUT2D eigenvalue weighted by atomic mass is 19.1. The molecule has 2 aliphatic heterocycles. The van der Waals surface area contributed by atoms with Crippen LogP contribution in [0.3, 0.4) is 0 Å². The quantitative estimate of drug-likeness (QED) is 0.451. The molecule has 5 heterocycles. The zero-order valence-electron chi connectivity index (χ0n) is 18.6. The van der Waals surface area contributed by atoms with E-state index in [1.807, 2.05) is 0 Å². The Balaban J connectivity index is 1.42. The zero-order chi connectivity index (χ0) is 23.4. The average Bonchev–Trinajstić information content (AvgIpc) is 3.37. The van der Waals surface area contributed by atoms with Gasteiger partial charge < -0.3 is 14.9 Å². The molecule has 2 fully saturated rings.